The molecule has 0 radical (unpaired) electrons. The summed E-state index contributed by atoms with van der Waals surface area (Å²) < 4.78 is 5.70. The van der Waals surface area contributed by atoms with Gasteiger partial charge < -0.3 is 4.74 Å². The molecule has 0 aromatic heterocycles. The predicted octanol–water partition coefficient (Wildman–Crippen LogP) is 2.63. The number of rotatable bonds is 3. The van der Waals surface area contributed by atoms with Crippen molar-refractivity contribution < 1.29 is 4.74 Å². The van der Waals surface area contributed by atoms with Crippen LogP contribution in [0, 0.1) is 11.3 Å². The number of hydrogen-bond acceptors (Lipinski definition) is 3. The Labute approximate surface area is 109 Å². The lowest BCUT2D eigenvalue weighted by Gasteiger charge is -2.38. The van der Waals surface area contributed by atoms with Crippen LogP contribution in [-0.2, 0) is 11.3 Å². The summed E-state index contributed by atoms with van der Waals surface area (Å²) in [5.41, 5.74) is 0.756. The molecule has 1 aromatic rings. The maximum atomic E-state index is 9.49. The Morgan fingerprint density at radius 3 is 2.44 bits per heavy atom. The van der Waals surface area contributed by atoms with Crippen LogP contribution in [0.15, 0.2) is 30.3 Å². The highest BCUT2D eigenvalue weighted by atomic mass is 16.5. The first kappa shape index (κ1) is 13.1. The van der Waals surface area contributed by atoms with E-state index in [9.17, 15) is 5.26 Å². The fraction of sp³-hybridized carbons (Fsp3) is 0.533. The van der Waals surface area contributed by atoms with Crippen molar-refractivity contribution in [2.24, 2.45) is 0 Å². The van der Waals surface area contributed by atoms with Gasteiger partial charge in [0.15, 0.2) is 0 Å². The van der Waals surface area contributed by atoms with Gasteiger partial charge in [-0.1, -0.05) is 30.3 Å². The highest BCUT2D eigenvalue weighted by Crippen LogP contribution is 2.28. The van der Waals surface area contributed by atoms with Crippen molar-refractivity contribution in [1.82, 2.24) is 5.32 Å². The maximum Gasteiger partial charge on any atom is 0.111 e. The van der Waals surface area contributed by atoms with Crippen molar-refractivity contribution in [2.45, 2.75) is 51.0 Å². The summed E-state index contributed by atoms with van der Waals surface area (Å²) >= 11 is 0. The molecule has 1 saturated heterocycles. The number of hydrogen-bond donors (Lipinski definition) is 1. The summed E-state index contributed by atoms with van der Waals surface area (Å²) in [6.07, 6.45) is 1.77. The SMILES string of the molecule is CC1CC(C#N)(NCc2ccccc2)CC(C)O1. The van der Waals surface area contributed by atoms with E-state index in [2.05, 4.69) is 23.5 Å². The van der Waals surface area contributed by atoms with Crippen LogP contribution in [-0.4, -0.2) is 17.7 Å². The van der Waals surface area contributed by atoms with Gasteiger partial charge >= 0.3 is 0 Å². The second kappa shape index (κ2) is 5.51. The third kappa shape index (κ3) is 3.10. The molecular weight excluding hydrogens is 224 g/mol. The van der Waals surface area contributed by atoms with Crippen molar-refractivity contribution >= 4 is 0 Å². The molecule has 18 heavy (non-hydrogen) atoms. The van der Waals surface area contributed by atoms with Crippen LogP contribution >= 0.6 is 0 Å². The van der Waals surface area contributed by atoms with Gasteiger partial charge in [-0.3, -0.25) is 5.32 Å². The topological polar surface area (TPSA) is 45.0 Å². The molecule has 0 spiro atoms. The number of nitrogens with one attached hydrogen (secondary N) is 1. The second-order valence-corrected chi connectivity index (χ2v) is 5.20. The molecule has 2 atom stereocenters. The quantitative estimate of drug-likeness (QED) is 0.889. The number of ether oxygens (including phenoxy) is 1. The van der Waals surface area contributed by atoms with E-state index in [1.165, 1.54) is 5.56 Å². The Morgan fingerprint density at radius 2 is 1.89 bits per heavy atom. The average molecular weight is 244 g/mol. The fourth-order valence-electron chi connectivity index (χ4n) is 2.70. The van der Waals surface area contributed by atoms with Crippen molar-refractivity contribution in [1.29, 1.82) is 5.26 Å². The summed E-state index contributed by atoms with van der Waals surface area (Å²) in [5.74, 6) is 0. The van der Waals surface area contributed by atoms with E-state index in [-0.39, 0.29) is 12.2 Å². The molecule has 0 aliphatic carbocycles. The Hall–Kier alpha value is -1.37. The van der Waals surface area contributed by atoms with Crippen LogP contribution in [0.1, 0.15) is 32.3 Å². The van der Waals surface area contributed by atoms with Gasteiger partial charge in [0.25, 0.3) is 0 Å². The number of benzene rings is 1. The van der Waals surface area contributed by atoms with Gasteiger partial charge in [0.2, 0.25) is 0 Å². The first-order chi connectivity index (χ1) is 8.63. The Balaban J connectivity index is 2.03. The Morgan fingerprint density at radius 1 is 1.28 bits per heavy atom. The monoisotopic (exact) mass is 244 g/mol. The van der Waals surface area contributed by atoms with Crippen LogP contribution in [0.2, 0.25) is 0 Å². The minimum atomic E-state index is -0.451. The maximum absolute atomic E-state index is 9.49. The zero-order valence-corrected chi connectivity index (χ0v) is 11.0. The molecule has 1 fully saturated rings. The Bertz CT molecular complexity index is 414. The Kier molecular flexibility index (Phi) is 4.00. The van der Waals surface area contributed by atoms with E-state index >= 15 is 0 Å². The summed E-state index contributed by atoms with van der Waals surface area (Å²) in [5, 5.41) is 12.9. The van der Waals surface area contributed by atoms with Gasteiger partial charge in [0.05, 0.1) is 18.3 Å². The van der Waals surface area contributed by atoms with Gasteiger partial charge in [-0.25, -0.2) is 0 Å². The fourth-order valence-corrected chi connectivity index (χ4v) is 2.70. The molecule has 2 rings (SSSR count). The molecule has 96 valence electrons. The second-order valence-electron chi connectivity index (χ2n) is 5.20. The predicted molar refractivity (Wildman–Crippen MR) is 70.9 cm³/mol. The zero-order valence-electron chi connectivity index (χ0n) is 11.0. The molecule has 2 unspecified atom stereocenters. The zero-order chi connectivity index (χ0) is 13.0. The van der Waals surface area contributed by atoms with Gasteiger partial charge in [-0.05, 0) is 19.4 Å². The largest absolute Gasteiger partial charge is 0.375 e. The molecule has 1 aliphatic rings. The normalized spacial score (nSPS) is 31.8. The third-order valence-electron chi connectivity index (χ3n) is 3.42. The van der Waals surface area contributed by atoms with Crippen LogP contribution < -0.4 is 5.32 Å². The van der Waals surface area contributed by atoms with Crippen molar-refractivity contribution in [2.75, 3.05) is 0 Å². The van der Waals surface area contributed by atoms with Crippen LogP contribution in [0.25, 0.3) is 0 Å². The first-order valence-corrected chi connectivity index (χ1v) is 6.49. The van der Waals surface area contributed by atoms with Crippen LogP contribution in [0.5, 0.6) is 0 Å². The van der Waals surface area contributed by atoms with Gasteiger partial charge in [-0.2, -0.15) is 5.26 Å². The average Bonchev–Trinajstić information content (AvgIpc) is 2.37. The summed E-state index contributed by atoms with van der Waals surface area (Å²) in [7, 11) is 0. The van der Waals surface area contributed by atoms with Crippen LogP contribution in [0.3, 0.4) is 0 Å². The molecule has 1 aromatic carbocycles. The lowest BCUT2D eigenvalue weighted by atomic mass is 9.85. The standard InChI is InChI=1S/C15H20N2O/c1-12-8-15(11-16,9-13(2)18-12)17-10-14-6-4-3-5-7-14/h3-7,12-13,17H,8-10H2,1-2H3. The van der Waals surface area contributed by atoms with Gasteiger partial charge in [0, 0.05) is 19.4 Å². The first-order valence-electron chi connectivity index (χ1n) is 6.49. The summed E-state index contributed by atoms with van der Waals surface area (Å²) in [6, 6.07) is 12.6. The van der Waals surface area contributed by atoms with E-state index in [4.69, 9.17) is 4.74 Å². The molecule has 3 nitrogen and oxygen atoms in total. The van der Waals surface area contributed by atoms with Crippen molar-refractivity contribution in [3.05, 3.63) is 35.9 Å². The molecule has 0 amide bonds. The van der Waals surface area contributed by atoms with E-state index in [0.717, 1.165) is 19.4 Å². The molecule has 1 heterocycles. The summed E-state index contributed by atoms with van der Waals surface area (Å²) in [4.78, 5) is 0. The highest BCUT2D eigenvalue weighted by molar-refractivity contribution is 5.17. The van der Waals surface area contributed by atoms with Gasteiger partial charge in [-0.15, -0.1) is 0 Å². The molecule has 0 bridgehead atoms. The van der Waals surface area contributed by atoms with E-state index in [1.807, 2.05) is 32.0 Å². The third-order valence-corrected chi connectivity index (χ3v) is 3.42. The lowest BCUT2D eigenvalue weighted by Crippen LogP contribution is -2.52. The van der Waals surface area contributed by atoms with E-state index in [1.54, 1.807) is 0 Å². The molecule has 1 aliphatic heterocycles. The van der Waals surface area contributed by atoms with Crippen LogP contribution in [0.4, 0.5) is 0 Å². The lowest BCUT2D eigenvalue weighted by molar-refractivity contribution is -0.0566. The summed E-state index contributed by atoms with van der Waals surface area (Å²) in [6.45, 7) is 4.80. The molecular formula is C15H20N2O. The van der Waals surface area contributed by atoms with E-state index < -0.39 is 5.54 Å². The molecule has 1 N–H and O–H groups in total. The van der Waals surface area contributed by atoms with Crippen molar-refractivity contribution in [3.63, 3.8) is 0 Å². The molecule has 3 heteroatoms. The van der Waals surface area contributed by atoms with Crippen molar-refractivity contribution in [3.8, 4) is 6.07 Å². The minimum Gasteiger partial charge on any atom is -0.375 e. The van der Waals surface area contributed by atoms with E-state index in [0.29, 0.717) is 0 Å². The number of nitriles is 1. The number of nitrogens with zero attached hydrogens (tertiary/aromatic N) is 1. The molecule has 0 saturated carbocycles. The smallest absolute Gasteiger partial charge is 0.111 e. The van der Waals surface area contributed by atoms with Gasteiger partial charge in [0.1, 0.15) is 5.54 Å². The minimum absolute atomic E-state index is 0.136. The highest BCUT2D eigenvalue weighted by Gasteiger charge is 2.38.